The van der Waals surface area contributed by atoms with Crippen LogP contribution in [0.2, 0.25) is 10.0 Å². The topological polar surface area (TPSA) is 143 Å². The second kappa shape index (κ2) is 12.4. The van der Waals surface area contributed by atoms with Crippen LogP contribution in [0, 0.1) is 23.7 Å². The van der Waals surface area contributed by atoms with Gasteiger partial charge in [0.05, 0.1) is 48.1 Å². The van der Waals surface area contributed by atoms with E-state index < -0.39 is 64.7 Å². The Morgan fingerprint density at radius 1 is 0.904 bits per heavy atom. The van der Waals surface area contributed by atoms with Crippen molar-refractivity contribution in [1.82, 2.24) is 9.91 Å². The van der Waals surface area contributed by atoms with Crippen molar-refractivity contribution in [3.8, 4) is 11.5 Å². The maximum Gasteiger partial charge on any atom is 0.423 e. The number of fused-ring (bicyclic) bond motifs is 5. The minimum absolute atomic E-state index is 0.0216. The molecule has 2 heterocycles. The van der Waals surface area contributed by atoms with E-state index in [0.717, 1.165) is 17.5 Å². The van der Waals surface area contributed by atoms with Crippen molar-refractivity contribution in [3.63, 3.8) is 0 Å². The standard InChI is InChI=1S/C39H31Cl2N3O8/c1-51-22-11-8-20(9-12-22)39-27(35(47)44(37(39)49)42-29-15-10-21(40)17-28(29)41)18-26-24(13-14-25-31(26)36(48)43(34(25)46)38(50)52-2)33(39)32-23-6-4-3-5-19(23)7-16-30(32)45/h3-13,15-17,25-27,31,33,42,45H,14,18H2,1-2H3. The van der Waals surface area contributed by atoms with Crippen LogP contribution in [0.3, 0.4) is 0 Å². The number of likely N-dealkylation sites (tertiary alicyclic amines) is 1. The number of carbonyl (C=O) groups excluding carboxylic acids is 5. The van der Waals surface area contributed by atoms with Gasteiger partial charge in [-0.25, -0.2) is 4.79 Å². The number of methoxy groups -OCH3 is 2. The van der Waals surface area contributed by atoms with Gasteiger partial charge in [-0.3, -0.25) is 24.6 Å². The van der Waals surface area contributed by atoms with Crippen LogP contribution in [0.5, 0.6) is 11.5 Å². The lowest BCUT2D eigenvalue weighted by Gasteiger charge is -2.51. The second-order valence-corrected chi connectivity index (χ2v) is 14.3. The van der Waals surface area contributed by atoms with Crippen LogP contribution in [0.15, 0.2) is 90.5 Å². The Kier molecular flexibility index (Phi) is 8.03. The Hall–Kier alpha value is -5.39. The highest BCUT2D eigenvalue weighted by molar-refractivity contribution is 6.36. The molecule has 4 aromatic rings. The number of hydrogen-bond donors (Lipinski definition) is 2. The molecule has 4 aromatic carbocycles. The lowest BCUT2D eigenvalue weighted by molar-refractivity contribution is -0.140. The molecule has 52 heavy (non-hydrogen) atoms. The number of allylic oxidation sites excluding steroid dienone is 2. The number of aromatic hydroxyl groups is 1. The summed E-state index contributed by atoms with van der Waals surface area (Å²) in [5.74, 6) is -7.01. The molecular weight excluding hydrogens is 709 g/mol. The van der Waals surface area contributed by atoms with Gasteiger partial charge in [-0.1, -0.05) is 77.3 Å². The molecule has 11 nitrogen and oxygen atoms in total. The first-order valence-corrected chi connectivity index (χ1v) is 17.4. The Balaban J connectivity index is 1.41. The van der Waals surface area contributed by atoms with E-state index in [1.165, 1.54) is 13.2 Å². The van der Waals surface area contributed by atoms with Gasteiger partial charge in [0.2, 0.25) is 11.8 Å². The van der Waals surface area contributed by atoms with E-state index in [0.29, 0.717) is 37.8 Å². The molecule has 0 spiro atoms. The van der Waals surface area contributed by atoms with Crippen molar-refractivity contribution >= 4 is 69.4 Å². The molecule has 5 amide bonds. The van der Waals surface area contributed by atoms with E-state index in [2.05, 4.69) is 5.43 Å². The fourth-order valence-corrected chi connectivity index (χ4v) is 9.47. The van der Waals surface area contributed by atoms with E-state index in [4.69, 9.17) is 32.7 Å². The van der Waals surface area contributed by atoms with Crippen LogP contribution in [-0.4, -0.2) is 59.0 Å². The van der Waals surface area contributed by atoms with Gasteiger partial charge in [0, 0.05) is 16.5 Å². The molecule has 0 bridgehead atoms. The van der Waals surface area contributed by atoms with Crippen LogP contribution in [0.25, 0.3) is 10.8 Å². The summed E-state index contributed by atoms with van der Waals surface area (Å²) in [6, 6.07) is 22.2. The summed E-state index contributed by atoms with van der Waals surface area (Å²) in [7, 11) is 2.61. The zero-order valence-electron chi connectivity index (χ0n) is 27.8. The number of rotatable bonds is 5. The predicted molar refractivity (Wildman–Crippen MR) is 190 cm³/mol. The number of amides is 5. The first kappa shape index (κ1) is 33.7. The third-order valence-corrected chi connectivity index (χ3v) is 11.7. The highest BCUT2D eigenvalue weighted by atomic mass is 35.5. The number of benzene rings is 4. The predicted octanol–water partition coefficient (Wildman–Crippen LogP) is 6.61. The number of ether oxygens (including phenoxy) is 2. The molecule has 1 saturated carbocycles. The molecule has 2 saturated heterocycles. The Bertz CT molecular complexity index is 2260. The average molecular weight is 741 g/mol. The fourth-order valence-electron chi connectivity index (χ4n) is 9.02. The van der Waals surface area contributed by atoms with Crippen molar-refractivity contribution in [3.05, 3.63) is 112 Å². The van der Waals surface area contributed by atoms with Crippen LogP contribution in [-0.2, 0) is 29.3 Å². The van der Waals surface area contributed by atoms with Crippen molar-refractivity contribution in [2.45, 2.75) is 24.2 Å². The number of nitrogens with one attached hydrogen (secondary N) is 1. The second-order valence-electron chi connectivity index (χ2n) is 13.4. The zero-order valence-corrected chi connectivity index (χ0v) is 29.4. The van der Waals surface area contributed by atoms with Gasteiger partial charge in [-0.2, -0.15) is 9.91 Å². The summed E-state index contributed by atoms with van der Waals surface area (Å²) in [6.07, 6.45) is 0.825. The number of carbonyl (C=O) groups is 5. The van der Waals surface area contributed by atoms with Crippen molar-refractivity contribution < 1.29 is 38.6 Å². The molecule has 2 aliphatic heterocycles. The largest absolute Gasteiger partial charge is 0.508 e. The lowest BCUT2D eigenvalue weighted by Crippen LogP contribution is -2.53. The summed E-state index contributed by atoms with van der Waals surface area (Å²) in [5.41, 5.74) is 3.01. The number of hydrogen-bond acceptors (Lipinski definition) is 9. The summed E-state index contributed by atoms with van der Waals surface area (Å²) in [4.78, 5) is 71.3. The fraction of sp³-hybridized carbons (Fsp3) is 0.256. The molecule has 264 valence electrons. The number of anilines is 1. The first-order valence-electron chi connectivity index (χ1n) is 16.6. The normalized spacial score (nSPS) is 26.5. The van der Waals surface area contributed by atoms with Crippen molar-refractivity contribution in [2.24, 2.45) is 23.7 Å². The van der Waals surface area contributed by atoms with Gasteiger partial charge < -0.3 is 14.6 Å². The maximum atomic E-state index is 15.5. The third kappa shape index (κ3) is 4.68. The van der Waals surface area contributed by atoms with Gasteiger partial charge in [0.1, 0.15) is 11.5 Å². The van der Waals surface area contributed by atoms with Crippen molar-refractivity contribution in [2.75, 3.05) is 19.6 Å². The highest BCUT2D eigenvalue weighted by Gasteiger charge is 2.71. The quantitative estimate of drug-likeness (QED) is 0.171. The third-order valence-electron chi connectivity index (χ3n) is 11.2. The van der Waals surface area contributed by atoms with E-state index in [-0.39, 0.29) is 29.3 Å². The molecule has 8 rings (SSSR count). The summed E-state index contributed by atoms with van der Waals surface area (Å²) in [6.45, 7) is 0. The van der Waals surface area contributed by atoms with Gasteiger partial charge in [0.25, 0.3) is 11.8 Å². The van der Waals surface area contributed by atoms with Crippen LogP contribution < -0.4 is 10.2 Å². The van der Waals surface area contributed by atoms with Crippen molar-refractivity contribution in [1.29, 1.82) is 0 Å². The first-order chi connectivity index (χ1) is 25.0. The molecule has 13 heteroatoms. The molecule has 2 N–H and O–H groups in total. The molecule has 2 aliphatic carbocycles. The number of phenols is 1. The number of imide groups is 4. The molecule has 4 aliphatic rings. The van der Waals surface area contributed by atoms with Crippen LogP contribution in [0.4, 0.5) is 10.5 Å². The van der Waals surface area contributed by atoms with E-state index in [9.17, 15) is 24.3 Å². The Labute approximate surface area is 307 Å². The summed E-state index contributed by atoms with van der Waals surface area (Å²) in [5, 5.41) is 14.8. The maximum absolute atomic E-state index is 15.5. The van der Waals surface area contributed by atoms with Crippen LogP contribution >= 0.6 is 23.2 Å². The monoisotopic (exact) mass is 739 g/mol. The number of halogens is 2. The smallest absolute Gasteiger partial charge is 0.423 e. The molecular formula is C39H31Cl2N3O8. The molecule has 0 aromatic heterocycles. The highest BCUT2D eigenvalue weighted by Crippen LogP contribution is 2.65. The average Bonchev–Trinajstić information content (AvgIpc) is 3.53. The van der Waals surface area contributed by atoms with Gasteiger partial charge in [-0.15, -0.1) is 0 Å². The number of phenolic OH excluding ortho intramolecular Hbond substituents is 1. The molecule has 6 atom stereocenters. The molecule has 0 radical (unpaired) electrons. The lowest BCUT2D eigenvalue weighted by atomic mass is 9.48. The summed E-state index contributed by atoms with van der Waals surface area (Å²) >= 11 is 12.7. The minimum Gasteiger partial charge on any atom is -0.508 e. The van der Waals surface area contributed by atoms with E-state index in [1.54, 1.807) is 48.5 Å². The molecule has 6 unspecified atom stereocenters. The SMILES string of the molecule is COC(=O)N1C(=O)C2CC=C3C(CC4C(=O)N(Nc5ccc(Cl)cc5Cl)C(=O)C4(c4ccc(OC)cc4)C3c3c(O)ccc4ccccc34)C2C1=O. The zero-order chi connectivity index (χ0) is 36.6. The molecule has 3 fully saturated rings. The van der Waals surface area contributed by atoms with Gasteiger partial charge in [-0.05, 0) is 71.5 Å². The summed E-state index contributed by atoms with van der Waals surface area (Å²) < 4.78 is 10.3. The number of nitrogens with zero attached hydrogens (tertiary/aromatic N) is 2. The van der Waals surface area contributed by atoms with E-state index >= 15 is 4.79 Å². The van der Waals surface area contributed by atoms with Gasteiger partial charge in [0.15, 0.2) is 0 Å². The van der Waals surface area contributed by atoms with Crippen LogP contribution in [0.1, 0.15) is 29.9 Å². The minimum atomic E-state index is -1.68. The Morgan fingerprint density at radius 3 is 2.37 bits per heavy atom. The Morgan fingerprint density at radius 2 is 1.65 bits per heavy atom. The van der Waals surface area contributed by atoms with E-state index in [1.807, 2.05) is 30.3 Å². The number of hydrazine groups is 1. The van der Waals surface area contributed by atoms with Gasteiger partial charge >= 0.3 is 6.09 Å².